The highest BCUT2D eigenvalue weighted by Gasteiger charge is 2.59. The van der Waals surface area contributed by atoms with Crippen molar-refractivity contribution in [3.63, 3.8) is 0 Å². The van der Waals surface area contributed by atoms with Gasteiger partial charge in [0.2, 0.25) is 0 Å². The predicted octanol–water partition coefficient (Wildman–Crippen LogP) is 1.90. The van der Waals surface area contributed by atoms with E-state index in [-0.39, 0.29) is 35.5 Å². The van der Waals surface area contributed by atoms with E-state index in [4.69, 9.17) is 14.6 Å². The molecule has 0 spiro atoms. The highest BCUT2D eigenvalue weighted by molar-refractivity contribution is 14.1. The average molecular weight is 496 g/mol. The van der Waals surface area contributed by atoms with E-state index < -0.39 is 12.6 Å². The quantitative estimate of drug-likeness (QED) is 0.279. The zero-order valence-corrected chi connectivity index (χ0v) is 17.0. The van der Waals surface area contributed by atoms with Gasteiger partial charge in [-0.25, -0.2) is 4.79 Å². The first-order valence-corrected chi connectivity index (χ1v) is 9.81. The first-order chi connectivity index (χ1) is 13.4. The first kappa shape index (κ1) is 18.9. The standard InChI is InChI=1S/C19H17IN2O6/c1-27-13-5-9(4-12(20)17(13)28-8-14(23)24)7-21-22-18(25)15-10-2-3-11(6-10)16(15)19(22)26/h2-5,7,10-11,15-16H,6,8H2,1H3,(H,23,24). The summed E-state index contributed by atoms with van der Waals surface area (Å²) in [6, 6.07) is 3.32. The molecule has 1 saturated heterocycles. The van der Waals surface area contributed by atoms with Crippen LogP contribution in [0.15, 0.2) is 29.4 Å². The van der Waals surface area contributed by atoms with Gasteiger partial charge in [-0.15, -0.1) is 0 Å². The van der Waals surface area contributed by atoms with Gasteiger partial charge in [0.1, 0.15) is 0 Å². The van der Waals surface area contributed by atoms with Gasteiger partial charge in [0.15, 0.2) is 18.1 Å². The van der Waals surface area contributed by atoms with Gasteiger partial charge in [-0.3, -0.25) is 9.59 Å². The fourth-order valence-electron chi connectivity index (χ4n) is 4.21. The SMILES string of the molecule is COc1cc(C=NN2C(=O)C3C4C=CC(C4)C3C2=O)cc(I)c1OCC(=O)O. The molecule has 4 atom stereocenters. The first-order valence-electron chi connectivity index (χ1n) is 8.73. The number of hydrogen-bond acceptors (Lipinski definition) is 6. The smallest absolute Gasteiger partial charge is 0.341 e. The van der Waals surface area contributed by atoms with Crippen LogP contribution in [0.25, 0.3) is 0 Å². The molecule has 2 aliphatic carbocycles. The number of methoxy groups -OCH3 is 1. The zero-order valence-electron chi connectivity index (χ0n) is 14.9. The monoisotopic (exact) mass is 496 g/mol. The molecule has 4 rings (SSSR count). The molecule has 1 heterocycles. The van der Waals surface area contributed by atoms with E-state index in [0.29, 0.717) is 20.6 Å². The molecule has 8 nitrogen and oxygen atoms in total. The average Bonchev–Trinajstić information content (AvgIpc) is 3.33. The fraction of sp³-hybridized carbons (Fsp3) is 0.368. The van der Waals surface area contributed by atoms with Gasteiger partial charge in [-0.05, 0) is 58.5 Å². The number of rotatable bonds is 6. The molecular weight excluding hydrogens is 479 g/mol. The number of benzene rings is 1. The molecule has 1 aromatic rings. The van der Waals surface area contributed by atoms with E-state index >= 15 is 0 Å². The molecule has 4 unspecified atom stereocenters. The van der Waals surface area contributed by atoms with Crippen molar-refractivity contribution in [3.8, 4) is 11.5 Å². The van der Waals surface area contributed by atoms with E-state index in [9.17, 15) is 14.4 Å². The predicted molar refractivity (Wildman–Crippen MR) is 106 cm³/mol. The van der Waals surface area contributed by atoms with Gasteiger partial charge in [-0.1, -0.05) is 12.2 Å². The molecule has 2 fully saturated rings. The van der Waals surface area contributed by atoms with E-state index in [1.807, 2.05) is 34.7 Å². The van der Waals surface area contributed by atoms with Gasteiger partial charge >= 0.3 is 5.97 Å². The third-order valence-corrected chi connectivity index (χ3v) is 6.16. The molecular formula is C19H17IN2O6. The Kier molecular flexibility index (Phi) is 4.86. The number of carbonyl (C=O) groups excluding carboxylic acids is 2. The Labute approximate surface area is 174 Å². The summed E-state index contributed by atoms with van der Waals surface area (Å²) in [5, 5.41) is 13.9. The van der Waals surface area contributed by atoms with E-state index in [0.717, 1.165) is 11.4 Å². The Morgan fingerprint density at radius 3 is 2.50 bits per heavy atom. The minimum atomic E-state index is -1.09. The van der Waals surface area contributed by atoms with Gasteiger partial charge in [-0.2, -0.15) is 10.1 Å². The van der Waals surface area contributed by atoms with Crippen LogP contribution in [0, 0.1) is 27.2 Å². The lowest BCUT2D eigenvalue weighted by molar-refractivity contribution is -0.141. The molecule has 1 N–H and O–H groups in total. The van der Waals surface area contributed by atoms with E-state index in [1.165, 1.54) is 13.3 Å². The van der Waals surface area contributed by atoms with Crippen LogP contribution in [-0.4, -0.2) is 47.8 Å². The van der Waals surface area contributed by atoms with Crippen molar-refractivity contribution in [2.24, 2.45) is 28.8 Å². The maximum atomic E-state index is 12.7. The summed E-state index contributed by atoms with van der Waals surface area (Å²) in [7, 11) is 1.44. The molecule has 3 aliphatic rings. The Morgan fingerprint density at radius 1 is 1.29 bits per heavy atom. The Morgan fingerprint density at radius 2 is 1.93 bits per heavy atom. The molecule has 9 heteroatoms. The van der Waals surface area contributed by atoms with Crippen LogP contribution >= 0.6 is 22.6 Å². The van der Waals surface area contributed by atoms with Crippen LogP contribution in [0.4, 0.5) is 0 Å². The lowest BCUT2D eigenvalue weighted by atomic mass is 9.85. The largest absolute Gasteiger partial charge is 0.493 e. The van der Waals surface area contributed by atoms with Crippen molar-refractivity contribution in [2.75, 3.05) is 13.7 Å². The number of nitrogens with zero attached hydrogens (tertiary/aromatic N) is 2. The zero-order chi connectivity index (χ0) is 20.0. The summed E-state index contributed by atoms with van der Waals surface area (Å²) >= 11 is 2.00. The summed E-state index contributed by atoms with van der Waals surface area (Å²) in [6.45, 7) is -0.490. The van der Waals surface area contributed by atoms with Gasteiger partial charge in [0.05, 0.1) is 28.7 Å². The van der Waals surface area contributed by atoms with Crippen LogP contribution in [-0.2, 0) is 14.4 Å². The van der Waals surface area contributed by atoms with Crippen molar-refractivity contribution >= 4 is 46.6 Å². The van der Waals surface area contributed by atoms with Crippen LogP contribution in [0.3, 0.4) is 0 Å². The van der Waals surface area contributed by atoms with Crippen LogP contribution in [0.2, 0.25) is 0 Å². The number of ether oxygens (including phenoxy) is 2. The Bertz CT molecular complexity index is 897. The number of imide groups is 1. The minimum absolute atomic E-state index is 0.137. The second kappa shape index (κ2) is 7.19. The van der Waals surface area contributed by atoms with E-state index in [2.05, 4.69) is 5.10 Å². The van der Waals surface area contributed by atoms with Crippen LogP contribution < -0.4 is 9.47 Å². The van der Waals surface area contributed by atoms with Crippen molar-refractivity contribution in [3.05, 3.63) is 33.4 Å². The number of carboxylic acid groups (broad SMARTS) is 1. The normalized spacial score (nSPS) is 27.7. The van der Waals surface area contributed by atoms with E-state index in [1.54, 1.807) is 12.1 Å². The maximum Gasteiger partial charge on any atom is 0.341 e. The number of halogens is 1. The number of amides is 2. The van der Waals surface area contributed by atoms with Crippen molar-refractivity contribution in [1.82, 2.24) is 5.01 Å². The summed E-state index contributed by atoms with van der Waals surface area (Å²) in [6.07, 6.45) is 6.37. The summed E-state index contributed by atoms with van der Waals surface area (Å²) < 4.78 is 11.2. The summed E-state index contributed by atoms with van der Waals surface area (Å²) in [4.78, 5) is 36.0. The highest BCUT2D eigenvalue weighted by atomic mass is 127. The van der Waals surface area contributed by atoms with Crippen LogP contribution in [0.5, 0.6) is 11.5 Å². The number of allylic oxidation sites excluding steroid dienone is 2. The summed E-state index contributed by atoms with van der Waals surface area (Å²) in [5.41, 5.74) is 0.600. The molecule has 28 heavy (non-hydrogen) atoms. The number of fused-ring (bicyclic) bond motifs is 5. The van der Waals surface area contributed by atoms with Crippen molar-refractivity contribution < 1.29 is 29.0 Å². The second-order valence-electron chi connectivity index (χ2n) is 6.95. The van der Waals surface area contributed by atoms with Gasteiger partial charge in [0, 0.05) is 0 Å². The number of hydrogen-bond donors (Lipinski definition) is 1. The molecule has 146 valence electrons. The maximum absolute atomic E-state index is 12.7. The number of aliphatic carboxylic acids is 1. The van der Waals surface area contributed by atoms with Gasteiger partial charge in [0.25, 0.3) is 11.8 Å². The fourth-order valence-corrected chi connectivity index (χ4v) is 4.99. The topological polar surface area (TPSA) is 106 Å². The molecule has 1 aliphatic heterocycles. The number of carbonyl (C=O) groups is 3. The molecule has 2 bridgehead atoms. The molecule has 0 radical (unpaired) electrons. The molecule has 1 saturated carbocycles. The third-order valence-electron chi connectivity index (χ3n) is 5.36. The molecule has 1 aromatic carbocycles. The molecule has 0 aromatic heterocycles. The minimum Gasteiger partial charge on any atom is -0.493 e. The molecule has 2 amide bonds. The van der Waals surface area contributed by atoms with Crippen molar-refractivity contribution in [1.29, 1.82) is 0 Å². The lowest BCUT2D eigenvalue weighted by Crippen LogP contribution is -2.28. The van der Waals surface area contributed by atoms with Crippen LogP contribution in [0.1, 0.15) is 12.0 Å². The Balaban J connectivity index is 1.55. The second-order valence-corrected chi connectivity index (χ2v) is 8.11. The Hall–Kier alpha value is -2.43. The third kappa shape index (κ3) is 3.07. The number of hydrazone groups is 1. The van der Waals surface area contributed by atoms with Crippen molar-refractivity contribution in [2.45, 2.75) is 6.42 Å². The van der Waals surface area contributed by atoms with Gasteiger partial charge < -0.3 is 14.6 Å². The summed E-state index contributed by atoms with van der Waals surface area (Å²) in [5.74, 6) is -1.24. The number of carboxylic acids is 1. The highest BCUT2D eigenvalue weighted by Crippen LogP contribution is 2.52. The lowest BCUT2D eigenvalue weighted by Gasteiger charge is -2.13.